The third kappa shape index (κ3) is 3.43. The topological polar surface area (TPSA) is 45.5 Å². The fourth-order valence-corrected chi connectivity index (χ4v) is 3.90. The molecule has 2 aliphatic rings. The van der Waals surface area contributed by atoms with Gasteiger partial charge in [-0.05, 0) is 23.3 Å². The molecule has 0 bridgehead atoms. The summed E-state index contributed by atoms with van der Waals surface area (Å²) in [5.41, 5.74) is 4.41. The van der Waals surface area contributed by atoms with Crippen molar-refractivity contribution in [2.75, 3.05) is 13.1 Å². The molecular weight excluding hydrogens is 353 g/mol. The second-order valence-corrected chi connectivity index (χ2v) is 7.34. The van der Waals surface area contributed by atoms with E-state index in [1.807, 2.05) is 16.8 Å². The van der Waals surface area contributed by atoms with Crippen LogP contribution in [-0.4, -0.2) is 33.6 Å². The maximum Gasteiger partial charge on any atom is 0.153 e. The van der Waals surface area contributed by atoms with Crippen molar-refractivity contribution in [3.05, 3.63) is 71.5 Å². The molecule has 1 N–H and O–H groups in total. The molecule has 0 spiro atoms. The number of rotatable bonds is 4. The molecule has 6 heteroatoms. The van der Waals surface area contributed by atoms with Crippen LogP contribution in [-0.2, 0) is 19.6 Å². The SMILES string of the molecule is Fc1cccc(-c2cc3n(n2)CCC(NCCN2Cc4ccccc4C2)=N3)c1. The first kappa shape index (κ1) is 17.1. The van der Waals surface area contributed by atoms with Crippen LogP contribution in [0.4, 0.5) is 10.2 Å². The Morgan fingerprint density at radius 2 is 1.82 bits per heavy atom. The van der Waals surface area contributed by atoms with Gasteiger partial charge in [0.15, 0.2) is 5.82 Å². The zero-order valence-corrected chi connectivity index (χ0v) is 15.6. The standard InChI is InChI=1S/C22H22FN5/c23-19-7-3-6-16(12-19)20-13-22-25-21(8-10-28(22)26-20)24-9-11-27-14-17-4-1-2-5-18(17)15-27/h1-7,12-13H,8-11,14-15H2,(H,24,25). The molecule has 3 aromatic rings. The Kier molecular flexibility index (Phi) is 4.41. The van der Waals surface area contributed by atoms with Gasteiger partial charge >= 0.3 is 0 Å². The summed E-state index contributed by atoms with van der Waals surface area (Å²) in [6, 6.07) is 17.1. The highest BCUT2D eigenvalue weighted by atomic mass is 19.1. The molecule has 0 saturated carbocycles. The van der Waals surface area contributed by atoms with E-state index in [2.05, 4.69) is 39.6 Å². The molecule has 28 heavy (non-hydrogen) atoms. The predicted molar refractivity (Wildman–Crippen MR) is 108 cm³/mol. The van der Waals surface area contributed by atoms with Gasteiger partial charge in [-0.3, -0.25) is 4.90 Å². The fraction of sp³-hybridized carbons (Fsp3) is 0.273. The van der Waals surface area contributed by atoms with Gasteiger partial charge in [-0.2, -0.15) is 5.10 Å². The number of halogens is 1. The Morgan fingerprint density at radius 1 is 1.00 bits per heavy atom. The van der Waals surface area contributed by atoms with E-state index in [0.29, 0.717) is 0 Å². The van der Waals surface area contributed by atoms with E-state index in [-0.39, 0.29) is 5.82 Å². The van der Waals surface area contributed by atoms with Crippen LogP contribution in [0.5, 0.6) is 0 Å². The Morgan fingerprint density at radius 3 is 2.61 bits per heavy atom. The molecule has 5 nitrogen and oxygen atoms in total. The minimum Gasteiger partial charge on any atom is -0.372 e. The van der Waals surface area contributed by atoms with Crippen molar-refractivity contribution in [3.8, 4) is 11.3 Å². The Balaban J connectivity index is 1.21. The number of hydrogen-bond acceptors (Lipinski definition) is 4. The zero-order chi connectivity index (χ0) is 18.9. The van der Waals surface area contributed by atoms with Crippen molar-refractivity contribution < 1.29 is 4.39 Å². The molecule has 0 atom stereocenters. The highest BCUT2D eigenvalue weighted by Gasteiger charge is 2.19. The summed E-state index contributed by atoms with van der Waals surface area (Å²) >= 11 is 0. The van der Waals surface area contributed by atoms with E-state index in [1.54, 1.807) is 6.07 Å². The van der Waals surface area contributed by atoms with Gasteiger partial charge in [0.2, 0.25) is 0 Å². The summed E-state index contributed by atoms with van der Waals surface area (Å²) in [7, 11) is 0. The summed E-state index contributed by atoms with van der Waals surface area (Å²) < 4.78 is 15.4. The lowest BCUT2D eigenvalue weighted by molar-refractivity contribution is 0.288. The molecule has 1 aromatic heterocycles. The second-order valence-electron chi connectivity index (χ2n) is 7.34. The Hall–Kier alpha value is -2.99. The molecular formula is C22H22FN5. The quantitative estimate of drug-likeness (QED) is 0.756. The van der Waals surface area contributed by atoms with Crippen molar-refractivity contribution >= 4 is 11.7 Å². The lowest BCUT2D eigenvalue weighted by atomic mass is 10.1. The van der Waals surface area contributed by atoms with Gasteiger partial charge in [-0.1, -0.05) is 36.4 Å². The summed E-state index contributed by atoms with van der Waals surface area (Å²) in [5, 5.41) is 8.05. The van der Waals surface area contributed by atoms with Crippen LogP contribution in [0.2, 0.25) is 0 Å². The van der Waals surface area contributed by atoms with Crippen LogP contribution in [0.25, 0.3) is 11.3 Å². The highest BCUT2D eigenvalue weighted by Crippen LogP contribution is 2.27. The van der Waals surface area contributed by atoms with Crippen LogP contribution in [0.15, 0.2) is 59.6 Å². The van der Waals surface area contributed by atoms with E-state index in [1.165, 1.54) is 23.3 Å². The third-order valence-electron chi connectivity index (χ3n) is 5.35. The molecule has 0 radical (unpaired) electrons. The summed E-state index contributed by atoms with van der Waals surface area (Å²) in [6.07, 6.45) is 0.831. The average molecular weight is 375 g/mol. The van der Waals surface area contributed by atoms with Gasteiger partial charge in [0.25, 0.3) is 0 Å². The van der Waals surface area contributed by atoms with Crippen LogP contribution >= 0.6 is 0 Å². The average Bonchev–Trinajstić information content (AvgIpc) is 3.31. The van der Waals surface area contributed by atoms with Crippen molar-refractivity contribution in [3.63, 3.8) is 0 Å². The smallest absolute Gasteiger partial charge is 0.153 e. The van der Waals surface area contributed by atoms with Crippen molar-refractivity contribution in [1.29, 1.82) is 0 Å². The van der Waals surface area contributed by atoms with Gasteiger partial charge in [0.05, 0.1) is 12.2 Å². The number of fused-ring (bicyclic) bond motifs is 2. The number of hydrogen-bond donors (Lipinski definition) is 1. The number of aliphatic imine (C=N–C) groups is 1. The lowest BCUT2D eigenvalue weighted by Crippen LogP contribution is -2.34. The first-order valence-corrected chi connectivity index (χ1v) is 9.69. The van der Waals surface area contributed by atoms with Gasteiger partial charge in [-0.25, -0.2) is 14.1 Å². The molecule has 3 heterocycles. The van der Waals surface area contributed by atoms with Gasteiger partial charge in [0.1, 0.15) is 11.7 Å². The minimum atomic E-state index is -0.251. The van der Waals surface area contributed by atoms with Crippen molar-refractivity contribution in [2.45, 2.75) is 26.1 Å². The molecule has 2 aromatic carbocycles. The van der Waals surface area contributed by atoms with Gasteiger partial charge in [-0.15, -0.1) is 0 Å². The predicted octanol–water partition coefficient (Wildman–Crippen LogP) is 3.73. The van der Waals surface area contributed by atoms with E-state index < -0.39 is 0 Å². The minimum absolute atomic E-state index is 0.251. The largest absolute Gasteiger partial charge is 0.372 e. The van der Waals surface area contributed by atoms with Crippen LogP contribution < -0.4 is 5.32 Å². The normalized spacial score (nSPS) is 15.8. The van der Waals surface area contributed by atoms with E-state index in [9.17, 15) is 4.39 Å². The van der Waals surface area contributed by atoms with Gasteiger partial charge in [0, 0.05) is 44.2 Å². The molecule has 0 saturated heterocycles. The number of aromatic nitrogens is 2. The monoisotopic (exact) mass is 375 g/mol. The molecule has 0 aliphatic carbocycles. The number of benzene rings is 2. The maximum absolute atomic E-state index is 13.5. The zero-order valence-electron chi connectivity index (χ0n) is 15.6. The van der Waals surface area contributed by atoms with E-state index >= 15 is 0 Å². The summed E-state index contributed by atoms with van der Waals surface area (Å²) in [6.45, 7) is 4.69. The number of amidine groups is 1. The summed E-state index contributed by atoms with van der Waals surface area (Å²) in [5.74, 6) is 1.56. The number of nitrogens with one attached hydrogen (secondary N) is 1. The van der Waals surface area contributed by atoms with Gasteiger partial charge < -0.3 is 5.32 Å². The van der Waals surface area contributed by atoms with E-state index in [4.69, 9.17) is 4.99 Å². The van der Waals surface area contributed by atoms with Crippen molar-refractivity contribution in [1.82, 2.24) is 20.0 Å². The van der Waals surface area contributed by atoms with Crippen LogP contribution in [0.3, 0.4) is 0 Å². The van der Waals surface area contributed by atoms with Crippen LogP contribution in [0, 0.1) is 5.82 Å². The molecule has 5 rings (SSSR count). The van der Waals surface area contributed by atoms with E-state index in [0.717, 1.165) is 62.1 Å². The third-order valence-corrected chi connectivity index (χ3v) is 5.35. The number of nitrogens with zero attached hydrogens (tertiary/aromatic N) is 4. The fourth-order valence-electron chi connectivity index (χ4n) is 3.90. The Labute approximate surface area is 163 Å². The molecule has 0 amide bonds. The number of aryl methyl sites for hydroxylation is 1. The Bertz CT molecular complexity index is 1010. The molecule has 142 valence electrons. The molecule has 0 unspecified atom stereocenters. The first-order valence-electron chi connectivity index (χ1n) is 9.69. The summed E-state index contributed by atoms with van der Waals surface area (Å²) in [4.78, 5) is 7.16. The second kappa shape index (κ2) is 7.20. The lowest BCUT2D eigenvalue weighted by Gasteiger charge is -2.18. The molecule has 0 fully saturated rings. The molecule has 2 aliphatic heterocycles. The van der Waals surface area contributed by atoms with Crippen LogP contribution in [0.1, 0.15) is 17.5 Å². The first-order chi connectivity index (χ1) is 13.7. The van der Waals surface area contributed by atoms with Crippen molar-refractivity contribution in [2.24, 2.45) is 4.99 Å². The maximum atomic E-state index is 13.5. The highest BCUT2D eigenvalue weighted by molar-refractivity contribution is 5.85.